The van der Waals surface area contributed by atoms with Crippen molar-refractivity contribution in [3.63, 3.8) is 0 Å². The predicted octanol–water partition coefficient (Wildman–Crippen LogP) is 4.00. The molecule has 1 aliphatic rings. The van der Waals surface area contributed by atoms with Gasteiger partial charge in [0.2, 0.25) is 5.90 Å². The van der Waals surface area contributed by atoms with Crippen LogP contribution in [0.5, 0.6) is 11.5 Å². The number of ether oxygens (including phenoxy) is 3. The van der Waals surface area contributed by atoms with Gasteiger partial charge in [0.1, 0.15) is 0 Å². The molecule has 0 saturated carbocycles. The van der Waals surface area contributed by atoms with E-state index in [0.29, 0.717) is 23.7 Å². The standard InChI is InChI=1S/C19H15ClN2O6/c1-3-27-17-9-11(4-7-16(17)26-2)8-15-19(23)28-18(21-15)13-6-5-12(22(24)25)10-14(13)20/h4-10H,3H2,1-2H3/b15-8-. The second-order valence-electron chi connectivity index (χ2n) is 5.60. The summed E-state index contributed by atoms with van der Waals surface area (Å²) in [6.45, 7) is 2.31. The summed E-state index contributed by atoms with van der Waals surface area (Å²) < 4.78 is 15.9. The Bertz CT molecular complexity index is 1020. The molecule has 0 atom stereocenters. The average Bonchev–Trinajstić information content (AvgIpc) is 3.02. The molecule has 0 unspecified atom stereocenters. The lowest BCUT2D eigenvalue weighted by Gasteiger charge is -2.09. The Morgan fingerprint density at radius 3 is 2.68 bits per heavy atom. The predicted molar refractivity (Wildman–Crippen MR) is 103 cm³/mol. The van der Waals surface area contributed by atoms with Gasteiger partial charge in [-0.15, -0.1) is 0 Å². The van der Waals surface area contributed by atoms with Crippen LogP contribution in [0, 0.1) is 10.1 Å². The van der Waals surface area contributed by atoms with Crippen LogP contribution < -0.4 is 9.47 Å². The Balaban J connectivity index is 1.94. The van der Waals surface area contributed by atoms with Crippen molar-refractivity contribution in [2.45, 2.75) is 6.92 Å². The first-order valence-corrected chi connectivity index (χ1v) is 8.58. The summed E-state index contributed by atoms with van der Waals surface area (Å²) in [6, 6.07) is 9.00. The van der Waals surface area contributed by atoms with Gasteiger partial charge in [0.15, 0.2) is 17.2 Å². The maximum atomic E-state index is 12.2. The largest absolute Gasteiger partial charge is 0.493 e. The molecule has 0 bridgehead atoms. The van der Waals surface area contributed by atoms with Gasteiger partial charge in [0.25, 0.3) is 5.69 Å². The van der Waals surface area contributed by atoms with Crippen LogP contribution in [0.1, 0.15) is 18.1 Å². The maximum absolute atomic E-state index is 12.2. The van der Waals surface area contributed by atoms with Crippen LogP contribution in [0.15, 0.2) is 47.1 Å². The highest BCUT2D eigenvalue weighted by Crippen LogP contribution is 2.30. The van der Waals surface area contributed by atoms with Gasteiger partial charge in [0, 0.05) is 12.1 Å². The van der Waals surface area contributed by atoms with E-state index in [9.17, 15) is 14.9 Å². The molecule has 9 heteroatoms. The van der Waals surface area contributed by atoms with Gasteiger partial charge in [-0.05, 0) is 36.8 Å². The molecule has 0 spiro atoms. The molecule has 0 aromatic heterocycles. The summed E-state index contributed by atoms with van der Waals surface area (Å²) >= 11 is 6.07. The van der Waals surface area contributed by atoms with E-state index in [1.54, 1.807) is 18.2 Å². The lowest BCUT2D eigenvalue weighted by molar-refractivity contribution is -0.384. The fourth-order valence-corrected chi connectivity index (χ4v) is 2.78. The Morgan fingerprint density at radius 2 is 2.04 bits per heavy atom. The summed E-state index contributed by atoms with van der Waals surface area (Å²) in [6.07, 6.45) is 1.54. The van der Waals surface area contributed by atoms with Crippen molar-refractivity contribution in [2.24, 2.45) is 4.99 Å². The lowest BCUT2D eigenvalue weighted by Crippen LogP contribution is -2.06. The first-order valence-electron chi connectivity index (χ1n) is 8.20. The third-order valence-electron chi connectivity index (χ3n) is 3.81. The van der Waals surface area contributed by atoms with E-state index in [1.807, 2.05) is 6.92 Å². The Kier molecular flexibility index (Phi) is 5.60. The number of rotatable bonds is 6. The van der Waals surface area contributed by atoms with Crippen LogP contribution in [0.2, 0.25) is 5.02 Å². The number of aliphatic imine (C=N–C) groups is 1. The molecule has 8 nitrogen and oxygen atoms in total. The van der Waals surface area contributed by atoms with Crippen molar-refractivity contribution in [3.8, 4) is 11.5 Å². The Labute approximate surface area is 165 Å². The van der Waals surface area contributed by atoms with E-state index in [4.69, 9.17) is 25.8 Å². The van der Waals surface area contributed by atoms with Crippen molar-refractivity contribution in [2.75, 3.05) is 13.7 Å². The monoisotopic (exact) mass is 402 g/mol. The van der Waals surface area contributed by atoms with Gasteiger partial charge in [-0.1, -0.05) is 17.7 Å². The first kappa shape index (κ1) is 19.4. The third-order valence-corrected chi connectivity index (χ3v) is 4.12. The van der Waals surface area contributed by atoms with Gasteiger partial charge in [-0.3, -0.25) is 10.1 Å². The van der Waals surface area contributed by atoms with E-state index in [2.05, 4.69) is 4.99 Å². The van der Waals surface area contributed by atoms with Crippen LogP contribution in [0.3, 0.4) is 0 Å². The highest BCUT2D eigenvalue weighted by molar-refractivity contribution is 6.34. The highest BCUT2D eigenvalue weighted by atomic mass is 35.5. The molecule has 0 saturated heterocycles. The zero-order chi connectivity index (χ0) is 20.3. The van der Waals surface area contributed by atoms with Crippen LogP contribution >= 0.6 is 11.6 Å². The normalized spacial score (nSPS) is 14.6. The van der Waals surface area contributed by atoms with E-state index in [0.717, 1.165) is 0 Å². The van der Waals surface area contributed by atoms with E-state index in [-0.39, 0.29) is 27.9 Å². The minimum Gasteiger partial charge on any atom is -0.493 e. The average molecular weight is 403 g/mol. The number of hydrogen-bond donors (Lipinski definition) is 0. The Morgan fingerprint density at radius 1 is 1.25 bits per heavy atom. The third kappa shape index (κ3) is 3.96. The molecule has 0 fully saturated rings. The van der Waals surface area contributed by atoms with Gasteiger partial charge in [-0.2, -0.15) is 0 Å². The van der Waals surface area contributed by atoms with Crippen LogP contribution in [-0.4, -0.2) is 30.5 Å². The molecule has 1 heterocycles. The molecule has 2 aromatic rings. The number of esters is 1. The number of carbonyl (C=O) groups is 1. The summed E-state index contributed by atoms with van der Waals surface area (Å²) in [5.41, 5.74) is 0.845. The maximum Gasteiger partial charge on any atom is 0.363 e. The number of carbonyl (C=O) groups excluding carboxylic acids is 1. The number of halogens is 1. The number of nitro groups is 1. The van der Waals surface area contributed by atoms with Crippen molar-refractivity contribution in [3.05, 3.63) is 68.4 Å². The Hall–Kier alpha value is -3.39. The minimum atomic E-state index is -0.654. The quantitative estimate of drug-likeness (QED) is 0.313. The molecular weight excluding hydrogens is 388 g/mol. The first-order chi connectivity index (χ1) is 13.4. The summed E-state index contributed by atoms with van der Waals surface area (Å²) in [4.78, 5) is 26.6. The number of nitro benzene ring substituents is 1. The minimum absolute atomic E-state index is 0.0188. The smallest absolute Gasteiger partial charge is 0.363 e. The number of non-ortho nitro benzene ring substituents is 1. The number of nitrogens with zero attached hydrogens (tertiary/aromatic N) is 2. The van der Waals surface area contributed by atoms with Crippen molar-refractivity contribution in [1.82, 2.24) is 0 Å². The number of cyclic esters (lactones) is 1. The fraction of sp³-hybridized carbons (Fsp3) is 0.158. The molecule has 28 heavy (non-hydrogen) atoms. The molecule has 0 amide bonds. The highest BCUT2D eigenvalue weighted by Gasteiger charge is 2.26. The van der Waals surface area contributed by atoms with Crippen LogP contribution in [0.25, 0.3) is 6.08 Å². The summed E-state index contributed by atoms with van der Waals surface area (Å²) in [7, 11) is 1.54. The zero-order valence-corrected chi connectivity index (χ0v) is 15.7. The zero-order valence-electron chi connectivity index (χ0n) is 15.0. The van der Waals surface area contributed by atoms with Crippen molar-refractivity contribution in [1.29, 1.82) is 0 Å². The van der Waals surface area contributed by atoms with Crippen molar-refractivity contribution >= 4 is 35.2 Å². The van der Waals surface area contributed by atoms with Gasteiger partial charge in [-0.25, -0.2) is 9.79 Å². The van der Waals surface area contributed by atoms with Gasteiger partial charge < -0.3 is 14.2 Å². The number of benzene rings is 2. The number of hydrogen-bond acceptors (Lipinski definition) is 7. The second kappa shape index (κ2) is 8.10. The van der Waals surface area contributed by atoms with Gasteiger partial charge >= 0.3 is 5.97 Å². The van der Waals surface area contributed by atoms with Gasteiger partial charge in [0.05, 0.1) is 29.2 Å². The van der Waals surface area contributed by atoms with E-state index >= 15 is 0 Å². The summed E-state index contributed by atoms with van der Waals surface area (Å²) in [5, 5.41) is 10.9. The topological polar surface area (TPSA) is 100 Å². The van der Waals surface area contributed by atoms with Crippen LogP contribution in [-0.2, 0) is 9.53 Å². The molecule has 3 rings (SSSR count). The molecule has 0 radical (unpaired) electrons. The summed E-state index contributed by atoms with van der Waals surface area (Å²) in [5.74, 6) is 0.432. The lowest BCUT2D eigenvalue weighted by atomic mass is 10.1. The molecule has 0 N–H and O–H groups in total. The molecule has 0 aliphatic carbocycles. The molecule has 144 valence electrons. The molecule has 2 aromatic carbocycles. The fourth-order valence-electron chi connectivity index (χ4n) is 2.52. The SMILES string of the molecule is CCOc1cc(/C=C2\N=C(c3ccc([N+](=O)[O-])cc3Cl)OC2=O)ccc1OC. The van der Waals surface area contributed by atoms with Crippen LogP contribution in [0.4, 0.5) is 5.69 Å². The number of methoxy groups -OCH3 is 1. The second-order valence-corrected chi connectivity index (χ2v) is 6.01. The van der Waals surface area contributed by atoms with E-state index < -0.39 is 10.9 Å². The van der Waals surface area contributed by atoms with E-state index in [1.165, 1.54) is 31.4 Å². The van der Waals surface area contributed by atoms with Crippen molar-refractivity contribution < 1.29 is 23.9 Å². The molecular formula is C19H15ClN2O6. The molecule has 1 aliphatic heterocycles.